The summed E-state index contributed by atoms with van der Waals surface area (Å²) in [6.07, 6.45) is 1.40. The predicted octanol–water partition coefficient (Wildman–Crippen LogP) is 6.86. The number of nitrogens with zero attached hydrogens (tertiary/aromatic N) is 1. The van der Waals surface area contributed by atoms with E-state index in [1.807, 2.05) is 38.1 Å². The Bertz CT molecular complexity index is 1210. The molecule has 0 amide bonds. The summed E-state index contributed by atoms with van der Waals surface area (Å²) < 4.78 is 13.5. The normalized spacial score (nSPS) is 10.0. The standard InChI is InChI=1S/C15H17NO.C12H11FN2O.C2H6/c1-13-6-5-9-15(10-13)12-17-16-11-14-7-3-2-4-8-14;1-7(16)9-6-15-12-8(11(9)14-2)4-3-5-10(12)13;1-2/h2-10,16H,11-12H2,1H3;3-6H,1-2H3,(H,14,15);1-2H3. The Morgan fingerprint density at radius 1 is 0.971 bits per heavy atom. The summed E-state index contributed by atoms with van der Waals surface area (Å²) in [7, 11) is 1.70. The highest BCUT2D eigenvalue weighted by atomic mass is 19.1. The molecule has 184 valence electrons. The van der Waals surface area contributed by atoms with Gasteiger partial charge in [-0.3, -0.25) is 14.6 Å². The number of hydrogen-bond donors (Lipinski definition) is 2. The molecule has 3 aromatic carbocycles. The number of pyridine rings is 1. The maximum absolute atomic E-state index is 13.5. The van der Waals surface area contributed by atoms with Gasteiger partial charge in [-0.1, -0.05) is 86.1 Å². The van der Waals surface area contributed by atoms with Crippen LogP contribution >= 0.6 is 0 Å². The van der Waals surface area contributed by atoms with Crippen molar-refractivity contribution in [3.8, 4) is 0 Å². The Morgan fingerprint density at radius 2 is 1.66 bits per heavy atom. The fourth-order valence-electron chi connectivity index (χ4n) is 3.39. The van der Waals surface area contributed by atoms with Gasteiger partial charge in [-0.05, 0) is 31.0 Å². The van der Waals surface area contributed by atoms with E-state index in [-0.39, 0.29) is 17.1 Å². The molecular weight excluding hydrogens is 441 g/mol. The highest BCUT2D eigenvalue weighted by Crippen LogP contribution is 2.27. The Kier molecular flexibility index (Phi) is 11.5. The van der Waals surface area contributed by atoms with E-state index in [2.05, 4.69) is 53.0 Å². The quantitative estimate of drug-likeness (QED) is 0.174. The van der Waals surface area contributed by atoms with Crippen LogP contribution in [0.15, 0.2) is 79.0 Å². The van der Waals surface area contributed by atoms with Gasteiger partial charge in [0.1, 0.15) is 11.3 Å². The average molecular weight is 476 g/mol. The molecule has 2 N–H and O–H groups in total. The van der Waals surface area contributed by atoms with Crippen molar-refractivity contribution < 1.29 is 14.0 Å². The first-order valence-electron chi connectivity index (χ1n) is 11.7. The van der Waals surface area contributed by atoms with Crippen molar-refractivity contribution >= 4 is 22.4 Å². The molecule has 0 atom stereocenters. The van der Waals surface area contributed by atoms with E-state index in [0.29, 0.717) is 23.2 Å². The van der Waals surface area contributed by atoms with Crippen molar-refractivity contribution in [1.29, 1.82) is 0 Å². The lowest BCUT2D eigenvalue weighted by Gasteiger charge is -2.09. The van der Waals surface area contributed by atoms with Crippen LogP contribution in [0.1, 0.15) is 47.8 Å². The number of benzene rings is 3. The van der Waals surface area contributed by atoms with Gasteiger partial charge in [0.25, 0.3) is 0 Å². The highest BCUT2D eigenvalue weighted by Gasteiger charge is 2.12. The number of hydrogen-bond acceptors (Lipinski definition) is 5. The lowest BCUT2D eigenvalue weighted by molar-refractivity contribution is 0.0235. The molecule has 1 aromatic heterocycles. The minimum atomic E-state index is -0.385. The van der Waals surface area contributed by atoms with E-state index in [0.717, 1.165) is 6.54 Å². The highest BCUT2D eigenvalue weighted by molar-refractivity contribution is 6.07. The number of ketones is 1. The molecule has 4 aromatic rings. The zero-order chi connectivity index (χ0) is 25.6. The number of anilines is 1. The largest absolute Gasteiger partial charge is 0.387 e. The molecule has 5 nitrogen and oxygen atoms in total. The monoisotopic (exact) mass is 475 g/mol. The topological polar surface area (TPSA) is 63.2 Å². The summed E-state index contributed by atoms with van der Waals surface area (Å²) in [6, 6.07) is 23.2. The van der Waals surface area contributed by atoms with Crippen LogP contribution in [-0.2, 0) is 18.0 Å². The van der Waals surface area contributed by atoms with Gasteiger partial charge in [0, 0.05) is 25.2 Å². The number of carbonyl (C=O) groups is 1. The molecule has 0 bridgehead atoms. The fourth-order valence-corrected chi connectivity index (χ4v) is 3.39. The van der Waals surface area contributed by atoms with E-state index in [1.165, 1.54) is 35.9 Å². The third-order valence-corrected chi connectivity index (χ3v) is 5.02. The first kappa shape index (κ1) is 27.6. The van der Waals surface area contributed by atoms with Crippen molar-refractivity contribution in [3.63, 3.8) is 0 Å². The minimum Gasteiger partial charge on any atom is -0.387 e. The van der Waals surface area contributed by atoms with E-state index in [9.17, 15) is 9.18 Å². The van der Waals surface area contributed by atoms with Crippen LogP contribution in [0, 0.1) is 12.7 Å². The third kappa shape index (κ3) is 8.28. The van der Waals surface area contributed by atoms with Gasteiger partial charge < -0.3 is 5.32 Å². The Morgan fingerprint density at radius 3 is 2.31 bits per heavy atom. The van der Waals surface area contributed by atoms with Crippen molar-refractivity contribution in [3.05, 3.63) is 107 Å². The number of carbonyl (C=O) groups excluding carboxylic acids is 1. The summed E-state index contributed by atoms with van der Waals surface area (Å²) in [4.78, 5) is 20.8. The van der Waals surface area contributed by atoms with Gasteiger partial charge in [-0.15, -0.1) is 0 Å². The molecule has 0 unspecified atom stereocenters. The number of rotatable bonds is 7. The maximum Gasteiger partial charge on any atom is 0.163 e. The van der Waals surface area contributed by atoms with Crippen LogP contribution in [0.25, 0.3) is 10.9 Å². The molecule has 0 aliphatic carbocycles. The number of fused-ring (bicyclic) bond motifs is 1. The summed E-state index contributed by atoms with van der Waals surface area (Å²) in [5.74, 6) is -0.480. The smallest absolute Gasteiger partial charge is 0.163 e. The molecule has 0 radical (unpaired) electrons. The van der Waals surface area contributed by atoms with Crippen LogP contribution in [-0.4, -0.2) is 17.8 Å². The molecule has 4 rings (SSSR count). The Hall–Kier alpha value is -3.61. The Balaban J connectivity index is 0.000000231. The Labute approximate surface area is 207 Å². The number of para-hydroxylation sites is 1. The molecule has 0 spiro atoms. The maximum atomic E-state index is 13.5. The number of aryl methyl sites for hydroxylation is 1. The second-order valence-electron chi connectivity index (χ2n) is 7.57. The number of nitrogens with one attached hydrogen (secondary N) is 2. The lowest BCUT2D eigenvalue weighted by Crippen LogP contribution is -2.13. The second kappa shape index (κ2) is 14.6. The molecule has 1 heterocycles. The summed E-state index contributed by atoms with van der Waals surface area (Å²) in [5, 5.41) is 3.54. The summed E-state index contributed by atoms with van der Waals surface area (Å²) in [6.45, 7) is 8.87. The van der Waals surface area contributed by atoms with Gasteiger partial charge in [-0.2, -0.15) is 5.48 Å². The molecule has 0 aliphatic heterocycles. The number of Topliss-reactive ketones (excluding diaryl/α,β-unsaturated/α-hetero) is 1. The van der Waals surface area contributed by atoms with Crippen molar-refractivity contribution in [2.24, 2.45) is 0 Å². The zero-order valence-electron chi connectivity index (χ0n) is 21.1. The van der Waals surface area contributed by atoms with Crippen molar-refractivity contribution in [2.45, 2.75) is 40.8 Å². The van der Waals surface area contributed by atoms with Gasteiger partial charge in [0.2, 0.25) is 0 Å². The third-order valence-electron chi connectivity index (χ3n) is 5.02. The van der Waals surface area contributed by atoms with Gasteiger partial charge in [0.15, 0.2) is 5.78 Å². The molecule has 0 saturated heterocycles. The predicted molar refractivity (Wildman–Crippen MR) is 142 cm³/mol. The first-order chi connectivity index (χ1) is 17.0. The van der Waals surface area contributed by atoms with E-state index in [4.69, 9.17) is 4.84 Å². The molecule has 0 aliphatic rings. The van der Waals surface area contributed by atoms with E-state index >= 15 is 0 Å². The van der Waals surface area contributed by atoms with E-state index in [1.54, 1.807) is 19.2 Å². The van der Waals surface area contributed by atoms with Gasteiger partial charge in [-0.25, -0.2) is 4.39 Å². The molecule has 0 saturated carbocycles. The average Bonchev–Trinajstić information content (AvgIpc) is 2.88. The second-order valence-corrected chi connectivity index (χ2v) is 7.57. The van der Waals surface area contributed by atoms with Gasteiger partial charge in [0.05, 0.1) is 17.9 Å². The van der Waals surface area contributed by atoms with Gasteiger partial charge >= 0.3 is 0 Å². The summed E-state index contributed by atoms with van der Waals surface area (Å²) in [5.41, 5.74) is 8.00. The lowest BCUT2D eigenvalue weighted by atomic mass is 10.1. The number of hydroxylamine groups is 1. The van der Waals surface area contributed by atoms with Crippen molar-refractivity contribution in [2.75, 3.05) is 12.4 Å². The van der Waals surface area contributed by atoms with Crippen LogP contribution in [0.3, 0.4) is 0 Å². The molecule has 0 fully saturated rings. The van der Waals surface area contributed by atoms with Crippen LogP contribution < -0.4 is 10.8 Å². The van der Waals surface area contributed by atoms with E-state index < -0.39 is 0 Å². The van der Waals surface area contributed by atoms with Crippen LogP contribution in [0.5, 0.6) is 0 Å². The number of halogens is 1. The van der Waals surface area contributed by atoms with Crippen LogP contribution in [0.4, 0.5) is 10.1 Å². The van der Waals surface area contributed by atoms with Crippen molar-refractivity contribution in [1.82, 2.24) is 10.5 Å². The zero-order valence-corrected chi connectivity index (χ0v) is 21.1. The molecular formula is C29H34FN3O2. The van der Waals surface area contributed by atoms with Crippen LogP contribution in [0.2, 0.25) is 0 Å². The summed E-state index contributed by atoms with van der Waals surface area (Å²) >= 11 is 0. The molecule has 35 heavy (non-hydrogen) atoms. The minimum absolute atomic E-state index is 0.0944. The molecule has 6 heteroatoms. The SMILES string of the molecule is CC.CNc1c(C(C)=O)cnc2c(F)cccc12.Cc1cccc(CONCc2ccccc2)c1. The fraction of sp³-hybridized carbons (Fsp3) is 0.241. The number of aromatic nitrogens is 1. The first-order valence-corrected chi connectivity index (χ1v) is 11.7.